The van der Waals surface area contributed by atoms with Crippen molar-refractivity contribution in [3.05, 3.63) is 23.4 Å². The molecule has 21 heavy (non-hydrogen) atoms. The molecule has 7 heteroatoms. The minimum absolute atomic E-state index is 0.117. The van der Waals surface area contributed by atoms with Gasteiger partial charge in [0, 0.05) is 42.3 Å². The Morgan fingerprint density at radius 3 is 2.90 bits per heavy atom. The summed E-state index contributed by atoms with van der Waals surface area (Å²) in [6, 6.07) is 3.97. The van der Waals surface area contributed by atoms with E-state index in [0.717, 1.165) is 42.5 Å². The van der Waals surface area contributed by atoms with Crippen LogP contribution in [0, 0.1) is 0 Å². The van der Waals surface area contributed by atoms with Gasteiger partial charge in [-0.15, -0.1) is 0 Å². The quantitative estimate of drug-likeness (QED) is 0.795. The molecule has 0 radical (unpaired) electrons. The summed E-state index contributed by atoms with van der Waals surface area (Å²) in [6.45, 7) is 1.77. The molecular weight excluding hydrogens is 290 g/mol. The van der Waals surface area contributed by atoms with Crippen molar-refractivity contribution in [2.24, 2.45) is 0 Å². The highest BCUT2D eigenvalue weighted by molar-refractivity contribution is 6.31. The van der Waals surface area contributed by atoms with Gasteiger partial charge in [0.05, 0.1) is 11.7 Å². The van der Waals surface area contributed by atoms with E-state index < -0.39 is 0 Å². The Morgan fingerprint density at radius 2 is 2.19 bits per heavy atom. The van der Waals surface area contributed by atoms with E-state index in [4.69, 9.17) is 11.6 Å². The topological polar surface area (TPSA) is 73.1 Å². The van der Waals surface area contributed by atoms with Gasteiger partial charge in [-0.1, -0.05) is 11.6 Å². The molecule has 1 fully saturated rings. The van der Waals surface area contributed by atoms with Crippen LogP contribution in [0.1, 0.15) is 12.8 Å². The summed E-state index contributed by atoms with van der Waals surface area (Å²) in [4.78, 5) is 13.6. The van der Waals surface area contributed by atoms with Gasteiger partial charge >= 0.3 is 6.03 Å². The van der Waals surface area contributed by atoms with E-state index in [-0.39, 0.29) is 12.1 Å². The fraction of sp³-hybridized carbons (Fsp3) is 0.429. The van der Waals surface area contributed by atoms with Crippen molar-refractivity contribution >= 4 is 34.2 Å². The monoisotopic (exact) mass is 307 g/mol. The van der Waals surface area contributed by atoms with E-state index >= 15 is 0 Å². The van der Waals surface area contributed by atoms with Crippen molar-refractivity contribution in [3.8, 4) is 0 Å². The molecule has 2 amide bonds. The smallest absolute Gasteiger partial charge is 0.314 e. The fourth-order valence-electron chi connectivity index (χ4n) is 2.78. The average Bonchev–Trinajstić information content (AvgIpc) is 2.95. The van der Waals surface area contributed by atoms with Gasteiger partial charge in [0.1, 0.15) is 0 Å². The number of hydrogen-bond donors (Lipinski definition) is 3. The van der Waals surface area contributed by atoms with E-state index in [0.29, 0.717) is 5.02 Å². The van der Waals surface area contributed by atoms with Gasteiger partial charge in [0.15, 0.2) is 0 Å². The lowest BCUT2D eigenvalue weighted by molar-refractivity contribution is 0.236. The Hall–Kier alpha value is -1.95. The van der Waals surface area contributed by atoms with Crippen molar-refractivity contribution in [3.63, 3.8) is 0 Å². The molecule has 1 aliphatic heterocycles. The Bertz CT molecular complexity index is 648. The first-order chi connectivity index (χ1) is 10.2. The molecule has 0 bridgehead atoms. The molecule has 2 aromatic rings. The number of H-pyrrole nitrogens is 1. The minimum Gasteiger partial charge on any atom is -0.371 e. The minimum atomic E-state index is -0.117. The van der Waals surface area contributed by atoms with Crippen LogP contribution in [0.5, 0.6) is 0 Å². The first-order valence-electron chi connectivity index (χ1n) is 7.03. The summed E-state index contributed by atoms with van der Waals surface area (Å²) in [7, 11) is 1.63. The third-order valence-electron chi connectivity index (χ3n) is 3.90. The molecule has 0 spiro atoms. The third kappa shape index (κ3) is 2.90. The van der Waals surface area contributed by atoms with E-state index in [2.05, 4.69) is 25.7 Å². The highest BCUT2D eigenvalue weighted by Crippen LogP contribution is 2.31. The van der Waals surface area contributed by atoms with Gasteiger partial charge in [0.2, 0.25) is 0 Å². The molecule has 6 nitrogen and oxygen atoms in total. The molecular formula is C14H18ClN5O. The van der Waals surface area contributed by atoms with Crippen LogP contribution >= 0.6 is 11.6 Å². The number of hydrogen-bond acceptors (Lipinski definition) is 3. The number of nitrogens with zero attached hydrogens (tertiary/aromatic N) is 2. The molecule has 3 rings (SSSR count). The normalized spacial score (nSPS) is 16.2. The lowest BCUT2D eigenvalue weighted by atomic mass is 10.0. The first-order valence-corrected chi connectivity index (χ1v) is 7.41. The highest BCUT2D eigenvalue weighted by atomic mass is 35.5. The van der Waals surface area contributed by atoms with Gasteiger partial charge in [-0.2, -0.15) is 5.10 Å². The third-order valence-corrected chi connectivity index (χ3v) is 4.12. The number of fused-ring (bicyclic) bond motifs is 1. The Balaban J connectivity index is 1.74. The lowest BCUT2D eigenvalue weighted by Crippen LogP contribution is -2.47. The van der Waals surface area contributed by atoms with E-state index in [1.165, 1.54) is 0 Å². The summed E-state index contributed by atoms with van der Waals surface area (Å²) in [5, 5.41) is 14.4. The highest BCUT2D eigenvalue weighted by Gasteiger charge is 2.22. The van der Waals surface area contributed by atoms with Crippen LogP contribution in [0.25, 0.3) is 10.9 Å². The molecule has 3 N–H and O–H groups in total. The number of nitrogens with one attached hydrogen (secondary N) is 3. The standard InChI is InChI=1S/C14H18ClN5O/c1-16-14(21)18-10-2-4-20(5-3-10)13-7-9(15)6-12-11(13)8-17-19-12/h6-8,10H,2-5H2,1H3,(H,17,19)(H2,16,18,21). The maximum absolute atomic E-state index is 11.4. The molecule has 0 aliphatic carbocycles. The second kappa shape index (κ2) is 5.81. The predicted molar refractivity (Wildman–Crippen MR) is 83.9 cm³/mol. The summed E-state index contributed by atoms with van der Waals surface area (Å²) in [5.74, 6) is 0. The number of urea groups is 1. The Kier molecular flexibility index (Phi) is 3.88. The van der Waals surface area contributed by atoms with E-state index in [1.807, 2.05) is 18.3 Å². The Labute approximate surface area is 127 Å². The van der Waals surface area contributed by atoms with E-state index in [9.17, 15) is 4.79 Å². The average molecular weight is 308 g/mol. The number of benzene rings is 1. The van der Waals surface area contributed by atoms with Gasteiger partial charge < -0.3 is 15.5 Å². The van der Waals surface area contributed by atoms with Crippen LogP contribution in [0.4, 0.5) is 10.5 Å². The summed E-state index contributed by atoms with van der Waals surface area (Å²) < 4.78 is 0. The number of rotatable bonds is 2. The zero-order chi connectivity index (χ0) is 14.8. The van der Waals surface area contributed by atoms with Crippen molar-refractivity contribution in [1.29, 1.82) is 0 Å². The second-order valence-electron chi connectivity index (χ2n) is 5.24. The van der Waals surface area contributed by atoms with Gasteiger partial charge in [-0.05, 0) is 25.0 Å². The predicted octanol–water partition coefficient (Wildman–Crippen LogP) is 2.11. The molecule has 0 saturated carbocycles. The van der Waals surface area contributed by atoms with Crippen molar-refractivity contribution < 1.29 is 4.79 Å². The molecule has 112 valence electrons. The fourth-order valence-corrected chi connectivity index (χ4v) is 2.99. The van der Waals surface area contributed by atoms with Crippen LogP contribution in [0.3, 0.4) is 0 Å². The molecule has 2 heterocycles. The Morgan fingerprint density at radius 1 is 1.43 bits per heavy atom. The molecule has 0 atom stereocenters. The molecule has 0 unspecified atom stereocenters. The van der Waals surface area contributed by atoms with Gasteiger partial charge in [-0.25, -0.2) is 4.79 Å². The number of amides is 2. The lowest BCUT2D eigenvalue weighted by Gasteiger charge is -2.34. The van der Waals surface area contributed by atoms with E-state index in [1.54, 1.807) is 7.05 Å². The van der Waals surface area contributed by atoms with Gasteiger partial charge in [-0.3, -0.25) is 5.10 Å². The van der Waals surface area contributed by atoms with Crippen LogP contribution < -0.4 is 15.5 Å². The largest absolute Gasteiger partial charge is 0.371 e. The zero-order valence-electron chi connectivity index (χ0n) is 11.8. The summed E-state index contributed by atoms with van der Waals surface area (Å²) in [6.07, 6.45) is 3.66. The second-order valence-corrected chi connectivity index (χ2v) is 5.68. The van der Waals surface area contributed by atoms with Crippen LogP contribution in [0.15, 0.2) is 18.3 Å². The molecule has 1 aliphatic rings. The first kappa shape index (κ1) is 14.0. The van der Waals surface area contributed by atoms with Crippen molar-refractivity contribution in [1.82, 2.24) is 20.8 Å². The zero-order valence-corrected chi connectivity index (χ0v) is 12.6. The number of carbonyl (C=O) groups excluding carboxylic acids is 1. The number of piperidine rings is 1. The molecule has 1 saturated heterocycles. The van der Waals surface area contributed by atoms with Crippen molar-refractivity contribution in [2.45, 2.75) is 18.9 Å². The summed E-state index contributed by atoms with van der Waals surface area (Å²) in [5.41, 5.74) is 2.05. The van der Waals surface area contributed by atoms with Crippen LogP contribution in [-0.4, -0.2) is 42.4 Å². The maximum atomic E-state index is 11.4. The number of anilines is 1. The van der Waals surface area contributed by atoms with Crippen LogP contribution in [-0.2, 0) is 0 Å². The number of carbonyl (C=O) groups is 1. The van der Waals surface area contributed by atoms with Crippen LogP contribution in [0.2, 0.25) is 5.02 Å². The number of halogens is 1. The SMILES string of the molecule is CNC(=O)NC1CCN(c2cc(Cl)cc3[nH]ncc23)CC1. The van der Waals surface area contributed by atoms with Crippen molar-refractivity contribution in [2.75, 3.05) is 25.0 Å². The number of aromatic amines is 1. The summed E-state index contributed by atoms with van der Waals surface area (Å²) >= 11 is 6.18. The molecule has 1 aromatic carbocycles. The number of aromatic nitrogens is 2. The maximum Gasteiger partial charge on any atom is 0.314 e. The van der Waals surface area contributed by atoms with Gasteiger partial charge in [0.25, 0.3) is 0 Å². The molecule has 1 aromatic heterocycles.